The number of carbonyl (C=O) groups is 1. The molecule has 0 N–H and O–H groups in total. The van der Waals surface area contributed by atoms with Crippen LogP contribution in [0.1, 0.15) is 57.6 Å². The van der Waals surface area contributed by atoms with Crippen molar-refractivity contribution in [3.63, 3.8) is 0 Å². The molecule has 1 saturated heterocycles. The Labute approximate surface area is 207 Å². The van der Waals surface area contributed by atoms with E-state index in [0.717, 1.165) is 55.1 Å². The van der Waals surface area contributed by atoms with E-state index in [1.54, 1.807) is 0 Å². The number of piperidine rings is 1. The van der Waals surface area contributed by atoms with Gasteiger partial charge in [0.2, 0.25) is 5.91 Å². The molecule has 3 aliphatic rings. The Kier molecular flexibility index (Phi) is 5.73. The fourth-order valence-electron chi connectivity index (χ4n) is 6.01. The Balaban J connectivity index is 1.23. The molecule has 0 unspecified atom stereocenters. The molecule has 6 rings (SSSR count). The second-order valence-electron chi connectivity index (χ2n) is 10.3. The molecule has 1 atom stereocenters. The number of benzene rings is 2. The zero-order valence-corrected chi connectivity index (χ0v) is 20.6. The van der Waals surface area contributed by atoms with E-state index in [9.17, 15) is 4.79 Å². The van der Waals surface area contributed by atoms with Gasteiger partial charge < -0.3 is 4.90 Å². The normalized spacial score (nSPS) is 19.9. The van der Waals surface area contributed by atoms with Gasteiger partial charge in [0.05, 0.1) is 18.7 Å². The zero-order chi connectivity index (χ0) is 23.9. The highest BCUT2D eigenvalue weighted by Crippen LogP contribution is 2.32. The van der Waals surface area contributed by atoms with Crippen LogP contribution in [0.4, 0.5) is 0 Å². The quantitative estimate of drug-likeness (QED) is 0.567. The van der Waals surface area contributed by atoms with Crippen molar-refractivity contribution < 1.29 is 4.79 Å². The van der Waals surface area contributed by atoms with E-state index < -0.39 is 0 Å². The van der Waals surface area contributed by atoms with Gasteiger partial charge in [-0.15, -0.1) is 0 Å². The Bertz CT molecular complexity index is 1290. The lowest BCUT2D eigenvalue weighted by Gasteiger charge is -2.41. The molecule has 3 aliphatic heterocycles. The van der Waals surface area contributed by atoms with E-state index in [1.807, 2.05) is 13.8 Å². The zero-order valence-electron chi connectivity index (χ0n) is 20.6. The summed E-state index contributed by atoms with van der Waals surface area (Å²) < 4.78 is 0. The number of rotatable bonds is 4. The van der Waals surface area contributed by atoms with Crippen LogP contribution in [0.25, 0.3) is 0 Å². The molecule has 1 fully saturated rings. The summed E-state index contributed by atoms with van der Waals surface area (Å²) in [6, 6.07) is 19.7. The van der Waals surface area contributed by atoms with Gasteiger partial charge >= 0.3 is 0 Å². The smallest absolute Gasteiger partial charge is 0.227 e. The number of aromatic nitrogens is 1. The minimum atomic E-state index is 0.267. The standard InChI is InChI=1S/C30H32N4O/c1-20-11-24(12-21(2)32-20)30-28-14-26-18-34(29(35)15-23(26)13-25(28)16-31-30)27-9-6-10-33(19-27)17-22-7-4-3-5-8-22/h3-5,7-8,11-14,27H,6,9-10,15-19H2,1-2H3/t27-/m1/s1. The lowest BCUT2D eigenvalue weighted by Crippen LogP contribution is -2.51. The summed E-state index contributed by atoms with van der Waals surface area (Å²) in [6.45, 7) is 8.46. The van der Waals surface area contributed by atoms with E-state index in [1.165, 1.54) is 27.8 Å². The van der Waals surface area contributed by atoms with Gasteiger partial charge in [-0.05, 0) is 73.7 Å². The van der Waals surface area contributed by atoms with Gasteiger partial charge in [0.15, 0.2) is 0 Å². The highest BCUT2D eigenvalue weighted by molar-refractivity contribution is 6.15. The number of pyridine rings is 1. The van der Waals surface area contributed by atoms with Crippen LogP contribution in [0.2, 0.25) is 0 Å². The van der Waals surface area contributed by atoms with Gasteiger partial charge in [-0.2, -0.15) is 0 Å². The van der Waals surface area contributed by atoms with Gasteiger partial charge in [0.25, 0.3) is 0 Å². The molecular weight excluding hydrogens is 432 g/mol. The molecule has 0 saturated carbocycles. The van der Waals surface area contributed by atoms with Gasteiger partial charge in [0, 0.05) is 48.2 Å². The third kappa shape index (κ3) is 4.41. The molecule has 1 amide bonds. The van der Waals surface area contributed by atoms with Crippen molar-refractivity contribution in [2.24, 2.45) is 4.99 Å². The average molecular weight is 465 g/mol. The highest BCUT2D eigenvalue weighted by Gasteiger charge is 2.33. The molecule has 3 aromatic rings. The third-order valence-corrected chi connectivity index (χ3v) is 7.62. The summed E-state index contributed by atoms with van der Waals surface area (Å²) >= 11 is 0. The molecule has 0 radical (unpaired) electrons. The summed E-state index contributed by atoms with van der Waals surface area (Å²) in [5.74, 6) is 0.267. The number of hydrogen-bond acceptors (Lipinski definition) is 4. The second-order valence-corrected chi connectivity index (χ2v) is 10.3. The lowest BCUT2D eigenvalue weighted by molar-refractivity contribution is -0.135. The van der Waals surface area contributed by atoms with Crippen LogP contribution in [-0.4, -0.2) is 45.5 Å². The summed E-state index contributed by atoms with van der Waals surface area (Å²) in [6.07, 6.45) is 2.72. The maximum atomic E-state index is 13.3. The largest absolute Gasteiger partial charge is 0.334 e. The number of aryl methyl sites for hydroxylation is 2. The third-order valence-electron chi connectivity index (χ3n) is 7.62. The predicted molar refractivity (Wildman–Crippen MR) is 138 cm³/mol. The Morgan fingerprint density at radius 1 is 0.971 bits per heavy atom. The monoisotopic (exact) mass is 464 g/mol. The molecule has 2 aromatic carbocycles. The number of likely N-dealkylation sites (tertiary alicyclic amines) is 1. The van der Waals surface area contributed by atoms with Crippen LogP contribution in [0.5, 0.6) is 0 Å². The van der Waals surface area contributed by atoms with Crippen LogP contribution >= 0.6 is 0 Å². The molecule has 0 bridgehead atoms. The summed E-state index contributed by atoms with van der Waals surface area (Å²) in [5, 5.41) is 0. The van der Waals surface area contributed by atoms with Crippen molar-refractivity contribution in [1.29, 1.82) is 0 Å². The molecular formula is C30H32N4O. The van der Waals surface area contributed by atoms with Crippen molar-refractivity contribution in [2.75, 3.05) is 13.1 Å². The first-order valence-electron chi connectivity index (χ1n) is 12.7. The first kappa shape index (κ1) is 22.2. The van der Waals surface area contributed by atoms with Gasteiger partial charge in [-0.1, -0.05) is 36.4 Å². The molecule has 5 nitrogen and oxygen atoms in total. The summed E-state index contributed by atoms with van der Waals surface area (Å²) in [4.78, 5) is 27.3. The summed E-state index contributed by atoms with van der Waals surface area (Å²) in [5.41, 5.74) is 10.5. The predicted octanol–water partition coefficient (Wildman–Crippen LogP) is 4.60. The average Bonchev–Trinajstić information content (AvgIpc) is 3.25. The Morgan fingerprint density at radius 2 is 1.77 bits per heavy atom. The van der Waals surface area contributed by atoms with E-state index in [0.29, 0.717) is 19.5 Å². The number of fused-ring (bicyclic) bond motifs is 2. The van der Waals surface area contributed by atoms with Crippen molar-refractivity contribution >= 4 is 11.6 Å². The minimum absolute atomic E-state index is 0.267. The first-order valence-corrected chi connectivity index (χ1v) is 12.7. The number of carbonyl (C=O) groups excluding carboxylic acids is 1. The number of nitrogens with zero attached hydrogens (tertiary/aromatic N) is 4. The number of amides is 1. The molecule has 178 valence electrons. The van der Waals surface area contributed by atoms with E-state index in [-0.39, 0.29) is 11.9 Å². The second kappa shape index (κ2) is 9.04. The first-order chi connectivity index (χ1) is 17.0. The van der Waals surface area contributed by atoms with Crippen LogP contribution in [0.15, 0.2) is 59.6 Å². The SMILES string of the molecule is Cc1cc(C2=NCc3cc4c(cc32)CN([C@@H]2CCCN(Cc3ccccc3)C2)C(=O)C4)cc(C)n1. The van der Waals surface area contributed by atoms with Crippen LogP contribution < -0.4 is 0 Å². The van der Waals surface area contributed by atoms with Gasteiger partial charge in [-0.25, -0.2) is 0 Å². The summed E-state index contributed by atoms with van der Waals surface area (Å²) in [7, 11) is 0. The molecule has 0 aliphatic carbocycles. The van der Waals surface area contributed by atoms with Gasteiger partial charge in [0.1, 0.15) is 0 Å². The lowest BCUT2D eigenvalue weighted by atomic mass is 9.89. The van der Waals surface area contributed by atoms with Crippen LogP contribution in [0.3, 0.4) is 0 Å². The van der Waals surface area contributed by atoms with Crippen molar-refractivity contribution in [2.45, 2.75) is 58.8 Å². The molecule has 5 heteroatoms. The van der Waals surface area contributed by atoms with Crippen molar-refractivity contribution in [3.05, 3.63) is 99.4 Å². The van der Waals surface area contributed by atoms with E-state index in [4.69, 9.17) is 4.99 Å². The molecule has 0 spiro atoms. The number of aliphatic imine (C=N–C) groups is 1. The Hall–Kier alpha value is -3.31. The fourth-order valence-corrected chi connectivity index (χ4v) is 6.01. The topological polar surface area (TPSA) is 48.8 Å². The maximum Gasteiger partial charge on any atom is 0.227 e. The molecule has 1 aromatic heterocycles. The maximum absolute atomic E-state index is 13.3. The van der Waals surface area contributed by atoms with E-state index >= 15 is 0 Å². The van der Waals surface area contributed by atoms with E-state index in [2.05, 4.69) is 69.4 Å². The van der Waals surface area contributed by atoms with Gasteiger partial charge in [-0.3, -0.25) is 19.7 Å². The minimum Gasteiger partial charge on any atom is -0.334 e. The molecule has 4 heterocycles. The van der Waals surface area contributed by atoms with Crippen molar-refractivity contribution in [1.82, 2.24) is 14.8 Å². The van der Waals surface area contributed by atoms with Crippen molar-refractivity contribution in [3.8, 4) is 0 Å². The van der Waals surface area contributed by atoms with Crippen LogP contribution in [0, 0.1) is 13.8 Å². The van der Waals surface area contributed by atoms with Crippen LogP contribution in [-0.2, 0) is 30.8 Å². The highest BCUT2D eigenvalue weighted by atomic mass is 16.2. The molecule has 35 heavy (non-hydrogen) atoms. The Morgan fingerprint density at radius 3 is 2.57 bits per heavy atom. The number of hydrogen-bond donors (Lipinski definition) is 0. The fraction of sp³-hybridized carbons (Fsp3) is 0.367.